The van der Waals surface area contributed by atoms with Crippen molar-refractivity contribution in [2.45, 2.75) is 12.8 Å². The highest BCUT2D eigenvalue weighted by molar-refractivity contribution is 7.12. The quantitative estimate of drug-likeness (QED) is 0.811. The van der Waals surface area contributed by atoms with Crippen molar-refractivity contribution in [1.82, 2.24) is 5.32 Å². The number of imide groups is 1. The van der Waals surface area contributed by atoms with Crippen LogP contribution in [-0.4, -0.2) is 24.4 Å². The lowest BCUT2D eigenvalue weighted by Crippen LogP contribution is -2.33. The number of esters is 1. The zero-order chi connectivity index (χ0) is 12.3. The molecule has 1 fully saturated rings. The van der Waals surface area contributed by atoms with Gasteiger partial charge >= 0.3 is 5.97 Å². The van der Waals surface area contributed by atoms with E-state index in [0.29, 0.717) is 4.88 Å². The first-order chi connectivity index (χ1) is 8.16. The molecule has 0 aromatic carbocycles. The molecular formula is C11H11NO4S. The van der Waals surface area contributed by atoms with Crippen LogP contribution in [0.2, 0.25) is 0 Å². The van der Waals surface area contributed by atoms with Crippen molar-refractivity contribution in [2.24, 2.45) is 5.92 Å². The molecule has 0 spiro atoms. The van der Waals surface area contributed by atoms with E-state index < -0.39 is 18.4 Å². The molecule has 1 aliphatic rings. The summed E-state index contributed by atoms with van der Waals surface area (Å²) in [5.74, 6) is -1.47. The third-order valence-electron chi connectivity index (χ3n) is 2.25. The predicted molar refractivity (Wildman–Crippen MR) is 60.5 cm³/mol. The molecule has 0 aliphatic heterocycles. The lowest BCUT2D eigenvalue weighted by atomic mass is 10.4. The number of rotatable bonds is 4. The van der Waals surface area contributed by atoms with Gasteiger partial charge in [0.2, 0.25) is 0 Å². The van der Waals surface area contributed by atoms with E-state index >= 15 is 0 Å². The number of hydrogen-bond donors (Lipinski definition) is 1. The molecule has 1 heterocycles. The maximum Gasteiger partial charge on any atom is 0.309 e. The van der Waals surface area contributed by atoms with Gasteiger partial charge in [0, 0.05) is 0 Å². The van der Waals surface area contributed by atoms with E-state index in [9.17, 15) is 14.4 Å². The number of carbonyl (C=O) groups is 3. The molecule has 0 bridgehead atoms. The van der Waals surface area contributed by atoms with Crippen LogP contribution in [0.25, 0.3) is 0 Å². The van der Waals surface area contributed by atoms with Crippen LogP contribution in [0.15, 0.2) is 17.5 Å². The molecule has 1 aromatic heterocycles. The fourth-order valence-corrected chi connectivity index (χ4v) is 1.82. The fourth-order valence-electron chi connectivity index (χ4n) is 1.21. The van der Waals surface area contributed by atoms with Gasteiger partial charge in [-0.25, -0.2) is 0 Å². The monoisotopic (exact) mass is 253 g/mol. The van der Waals surface area contributed by atoms with E-state index in [4.69, 9.17) is 4.74 Å². The normalized spacial score (nSPS) is 14.1. The molecule has 0 unspecified atom stereocenters. The van der Waals surface area contributed by atoms with Crippen molar-refractivity contribution in [3.05, 3.63) is 22.4 Å². The summed E-state index contributed by atoms with van der Waals surface area (Å²) in [6.07, 6.45) is 1.66. The van der Waals surface area contributed by atoms with Crippen molar-refractivity contribution >= 4 is 29.1 Å². The molecule has 17 heavy (non-hydrogen) atoms. The molecule has 1 saturated carbocycles. The summed E-state index contributed by atoms with van der Waals surface area (Å²) >= 11 is 1.24. The fraction of sp³-hybridized carbons (Fsp3) is 0.364. The number of thiophene rings is 1. The van der Waals surface area contributed by atoms with Gasteiger partial charge in [0.05, 0.1) is 10.8 Å². The first kappa shape index (κ1) is 11.8. The number of carbonyl (C=O) groups excluding carboxylic acids is 3. The SMILES string of the molecule is O=C(COC(=O)C1CC1)NC(=O)c1cccs1. The van der Waals surface area contributed by atoms with E-state index in [1.54, 1.807) is 17.5 Å². The van der Waals surface area contributed by atoms with Crippen LogP contribution in [0.5, 0.6) is 0 Å². The number of amides is 2. The van der Waals surface area contributed by atoms with Crippen LogP contribution in [0.4, 0.5) is 0 Å². The minimum Gasteiger partial charge on any atom is -0.455 e. The van der Waals surface area contributed by atoms with Crippen molar-refractivity contribution in [2.75, 3.05) is 6.61 Å². The molecular weight excluding hydrogens is 242 g/mol. The van der Waals surface area contributed by atoms with E-state index in [-0.39, 0.29) is 11.9 Å². The second kappa shape index (κ2) is 5.09. The smallest absolute Gasteiger partial charge is 0.309 e. The van der Waals surface area contributed by atoms with Gasteiger partial charge in [-0.1, -0.05) is 6.07 Å². The Morgan fingerprint density at radius 1 is 1.41 bits per heavy atom. The molecule has 0 saturated heterocycles. The maximum atomic E-state index is 11.4. The Morgan fingerprint density at radius 2 is 2.18 bits per heavy atom. The Labute approximate surface area is 102 Å². The lowest BCUT2D eigenvalue weighted by Gasteiger charge is -2.03. The number of ether oxygens (including phenoxy) is 1. The van der Waals surface area contributed by atoms with E-state index in [1.807, 2.05) is 0 Å². The third kappa shape index (κ3) is 3.39. The maximum absolute atomic E-state index is 11.4. The Bertz CT molecular complexity index is 436. The standard InChI is InChI=1S/C11H11NO4S/c13-9(6-16-11(15)7-3-4-7)12-10(14)8-2-1-5-17-8/h1-2,5,7H,3-4,6H2,(H,12,13,14). The highest BCUT2D eigenvalue weighted by atomic mass is 32.1. The molecule has 1 aromatic rings. The molecule has 90 valence electrons. The van der Waals surface area contributed by atoms with E-state index in [1.165, 1.54) is 11.3 Å². The summed E-state index contributed by atoms with van der Waals surface area (Å²) in [6.45, 7) is -0.396. The Kier molecular flexibility index (Phi) is 3.53. The van der Waals surface area contributed by atoms with Gasteiger partial charge in [-0.3, -0.25) is 19.7 Å². The van der Waals surface area contributed by atoms with Gasteiger partial charge in [-0.05, 0) is 24.3 Å². The summed E-state index contributed by atoms with van der Waals surface area (Å²) in [7, 11) is 0. The van der Waals surface area contributed by atoms with E-state index in [2.05, 4.69) is 5.32 Å². The second-order valence-electron chi connectivity index (χ2n) is 3.74. The summed E-state index contributed by atoms with van der Waals surface area (Å²) < 4.78 is 4.75. The highest BCUT2D eigenvalue weighted by Crippen LogP contribution is 2.29. The first-order valence-corrected chi connectivity index (χ1v) is 6.09. The minimum absolute atomic E-state index is 0.0456. The minimum atomic E-state index is -0.600. The zero-order valence-electron chi connectivity index (χ0n) is 8.97. The summed E-state index contributed by atoms with van der Waals surface area (Å²) in [5, 5.41) is 3.89. The van der Waals surface area contributed by atoms with Gasteiger partial charge in [0.25, 0.3) is 11.8 Å². The number of nitrogens with one attached hydrogen (secondary N) is 1. The molecule has 2 amide bonds. The van der Waals surface area contributed by atoms with Crippen LogP contribution >= 0.6 is 11.3 Å². The van der Waals surface area contributed by atoms with Gasteiger partial charge in [0.1, 0.15) is 0 Å². The van der Waals surface area contributed by atoms with Crippen molar-refractivity contribution in [3.8, 4) is 0 Å². The number of hydrogen-bond acceptors (Lipinski definition) is 5. The van der Waals surface area contributed by atoms with Crippen LogP contribution in [-0.2, 0) is 14.3 Å². The molecule has 6 heteroatoms. The van der Waals surface area contributed by atoms with Crippen molar-refractivity contribution < 1.29 is 19.1 Å². The van der Waals surface area contributed by atoms with Crippen LogP contribution in [0.3, 0.4) is 0 Å². The largest absolute Gasteiger partial charge is 0.455 e. The zero-order valence-corrected chi connectivity index (χ0v) is 9.79. The third-order valence-corrected chi connectivity index (χ3v) is 3.12. The molecule has 0 atom stereocenters. The van der Waals surface area contributed by atoms with Crippen molar-refractivity contribution in [3.63, 3.8) is 0 Å². The molecule has 5 nitrogen and oxygen atoms in total. The van der Waals surface area contributed by atoms with Gasteiger partial charge in [0.15, 0.2) is 6.61 Å². The lowest BCUT2D eigenvalue weighted by molar-refractivity contribution is -0.149. The van der Waals surface area contributed by atoms with Gasteiger partial charge < -0.3 is 4.74 Å². The second-order valence-corrected chi connectivity index (χ2v) is 4.68. The van der Waals surface area contributed by atoms with Crippen LogP contribution < -0.4 is 5.32 Å². The first-order valence-electron chi connectivity index (χ1n) is 5.21. The molecule has 0 radical (unpaired) electrons. The van der Waals surface area contributed by atoms with Gasteiger partial charge in [-0.15, -0.1) is 11.3 Å². The topological polar surface area (TPSA) is 72.5 Å². The summed E-state index contributed by atoms with van der Waals surface area (Å²) in [6, 6.07) is 3.33. The predicted octanol–water partition coefficient (Wildman–Crippen LogP) is 0.958. The summed E-state index contributed by atoms with van der Waals surface area (Å²) in [5.41, 5.74) is 0. The molecule has 2 rings (SSSR count). The van der Waals surface area contributed by atoms with E-state index in [0.717, 1.165) is 12.8 Å². The average molecular weight is 253 g/mol. The van der Waals surface area contributed by atoms with Crippen LogP contribution in [0.1, 0.15) is 22.5 Å². The molecule has 1 N–H and O–H groups in total. The Hall–Kier alpha value is -1.69. The van der Waals surface area contributed by atoms with Crippen LogP contribution in [0, 0.1) is 5.92 Å². The van der Waals surface area contributed by atoms with Gasteiger partial charge in [-0.2, -0.15) is 0 Å². The molecule has 1 aliphatic carbocycles. The Morgan fingerprint density at radius 3 is 2.76 bits per heavy atom. The Balaban J connectivity index is 1.73. The highest BCUT2D eigenvalue weighted by Gasteiger charge is 2.31. The summed E-state index contributed by atoms with van der Waals surface area (Å²) in [4.78, 5) is 34.3. The average Bonchev–Trinajstić information content (AvgIpc) is 3.01. The van der Waals surface area contributed by atoms with Crippen molar-refractivity contribution in [1.29, 1.82) is 0 Å².